The molecule has 6 heteroatoms. The van der Waals surface area contributed by atoms with Gasteiger partial charge >= 0.3 is 6.18 Å². The van der Waals surface area contributed by atoms with Crippen LogP contribution in [0.4, 0.5) is 13.2 Å². The van der Waals surface area contributed by atoms with E-state index in [9.17, 15) is 18.0 Å². The highest BCUT2D eigenvalue weighted by molar-refractivity contribution is 5.82. The minimum absolute atomic E-state index is 0.334. The molecule has 1 saturated carbocycles. The van der Waals surface area contributed by atoms with E-state index in [-0.39, 0.29) is 5.91 Å². The molecule has 0 spiro atoms. The molecule has 1 aromatic carbocycles. The molecule has 1 aromatic rings. The molecular formula is C16H21F3N2O. The summed E-state index contributed by atoms with van der Waals surface area (Å²) in [4.78, 5) is 12.0. The Morgan fingerprint density at radius 1 is 1.27 bits per heavy atom. The summed E-state index contributed by atoms with van der Waals surface area (Å²) in [5.74, 6) is -0.334. The smallest absolute Gasteiger partial charge is 0.345 e. The molecular weight excluding hydrogens is 293 g/mol. The van der Waals surface area contributed by atoms with Crippen molar-refractivity contribution >= 4 is 5.91 Å². The molecule has 3 N–H and O–H groups in total. The van der Waals surface area contributed by atoms with Gasteiger partial charge in [-0.1, -0.05) is 31.4 Å². The highest BCUT2D eigenvalue weighted by Gasteiger charge is 2.38. The standard InChI is InChI=1S/C16H21F3N2O/c1-11(20)14(22)21-15(8-3-2-4-9-15)12-6-5-7-13(10-12)16(17,18)19/h5-7,10-11H,2-4,8-9,20H2,1H3,(H,21,22)/t11-/m0/s1. The number of hydrogen-bond acceptors (Lipinski definition) is 2. The monoisotopic (exact) mass is 314 g/mol. The van der Waals surface area contributed by atoms with Crippen LogP contribution >= 0.6 is 0 Å². The fourth-order valence-corrected chi connectivity index (χ4v) is 2.98. The van der Waals surface area contributed by atoms with Crippen molar-refractivity contribution < 1.29 is 18.0 Å². The van der Waals surface area contributed by atoms with Crippen LogP contribution in [0.3, 0.4) is 0 Å². The molecule has 2 rings (SSSR count). The van der Waals surface area contributed by atoms with Crippen molar-refractivity contribution in [2.24, 2.45) is 5.73 Å². The van der Waals surface area contributed by atoms with Crippen molar-refractivity contribution in [3.8, 4) is 0 Å². The van der Waals surface area contributed by atoms with E-state index in [1.54, 1.807) is 13.0 Å². The molecule has 0 bridgehead atoms. The maximum Gasteiger partial charge on any atom is 0.416 e. The molecule has 1 aliphatic carbocycles. The maximum absolute atomic E-state index is 12.9. The topological polar surface area (TPSA) is 55.1 Å². The van der Waals surface area contributed by atoms with Crippen molar-refractivity contribution in [3.05, 3.63) is 35.4 Å². The molecule has 1 atom stereocenters. The van der Waals surface area contributed by atoms with Crippen LogP contribution < -0.4 is 11.1 Å². The van der Waals surface area contributed by atoms with Gasteiger partial charge in [0.1, 0.15) is 0 Å². The second-order valence-electron chi connectivity index (χ2n) is 6.00. The Bertz CT molecular complexity index is 534. The minimum atomic E-state index is -4.39. The van der Waals surface area contributed by atoms with Crippen LogP contribution in [0.15, 0.2) is 24.3 Å². The van der Waals surface area contributed by atoms with Crippen LogP contribution in [0, 0.1) is 0 Å². The fourth-order valence-electron chi connectivity index (χ4n) is 2.98. The molecule has 0 aromatic heterocycles. The van der Waals surface area contributed by atoms with E-state index in [1.807, 2.05) is 0 Å². The first-order valence-electron chi connectivity index (χ1n) is 7.50. The van der Waals surface area contributed by atoms with Crippen molar-refractivity contribution in [3.63, 3.8) is 0 Å². The molecule has 22 heavy (non-hydrogen) atoms. The summed E-state index contributed by atoms with van der Waals surface area (Å²) in [6.45, 7) is 1.57. The van der Waals surface area contributed by atoms with Crippen LogP contribution in [0.1, 0.15) is 50.2 Å². The van der Waals surface area contributed by atoms with Gasteiger partial charge in [0.05, 0.1) is 17.1 Å². The van der Waals surface area contributed by atoms with Gasteiger partial charge in [-0.2, -0.15) is 13.2 Å². The largest absolute Gasteiger partial charge is 0.416 e. The Hall–Kier alpha value is -1.56. The lowest BCUT2D eigenvalue weighted by molar-refractivity contribution is -0.137. The van der Waals surface area contributed by atoms with Gasteiger partial charge in [-0.15, -0.1) is 0 Å². The number of halogens is 3. The third-order valence-corrected chi connectivity index (χ3v) is 4.23. The van der Waals surface area contributed by atoms with Crippen LogP contribution in [-0.2, 0) is 16.5 Å². The maximum atomic E-state index is 12.9. The first-order chi connectivity index (χ1) is 10.2. The van der Waals surface area contributed by atoms with E-state index in [2.05, 4.69) is 5.32 Å². The Morgan fingerprint density at radius 2 is 1.91 bits per heavy atom. The van der Waals surface area contributed by atoms with Gasteiger partial charge in [-0.05, 0) is 37.5 Å². The summed E-state index contributed by atoms with van der Waals surface area (Å²) in [7, 11) is 0. The van der Waals surface area contributed by atoms with Gasteiger partial charge in [0.15, 0.2) is 0 Å². The molecule has 122 valence electrons. The number of nitrogens with two attached hydrogens (primary N) is 1. The van der Waals surface area contributed by atoms with Gasteiger partial charge in [0.2, 0.25) is 5.91 Å². The molecule has 1 fully saturated rings. The minimum Gasteiger partial charge on any atom is -0.345 e. The number of amides is 1. The average molecular weight is 314 g/mol. The zero-order valence-corrected chi connectivity index (χ0v) is 12.5. The number of benzene rings is 1. The number of rotatable bonds is 3. The average Bonchev–Trinajstić information content (AvgIpc) is 2.47. The first kappa shape index (κ1) is 16.8. The number of carbonyl (C=O) groups is 1. The van der Waals surface area contributed by atoms with Crippen LogP contribution in [0.25, 0.3) is 0 Å². The summed E-state index contributed by atoms with van der Waals surface area (Å²) >= 11 is 0. The fraction of sp³-hybridized carbons (Fsp3) is 0.562. The van der Waals surface area contributed by atoms with E-state index in [0.717, 1.165) is 31.4 Å². The van der Waals surface area contributed by atoms with Crippen molar-refractivity contribution in [1.29, 1.82) is 0 Å². The summed E-state index contributed by atoms with van der Waals surface area (Å²) in [5.41, 5.74) is 4.67. The number of nitrogens with one attached hydrogen (secondary N) is 1. The summed E-state index contributed by atoms with van der Waals surface area (Å²) in [6, 6.07) is 4.55. The Morgan fingerprint density at radius 3 is 2.45 bits per heavy atom. The van der Waals surface area contributed by atoms with E-state index >= 15 is 0 Å². The van der Waals surface area contributed by atoms with Gasteiger partial charge in [-0.25, -0.2) is 0 Å². The summed E-state index contributed by atoms with van der Waals surface area (Å²) < 4.78 is 38.8. The predicted octanol–water partition coefficient (Wildman–Crippen LogP) is 3.33. The Kier molecular flexibility index (Phi) is 4.80. The van der Waals surface area contributed by atoms with Crippen molar-refractivity contribution in [2.75, 3.05) is 0 Å². The van der Waals surface area contributed by atoms with Crippen molar-refractivity contribution in [2.45, 2.75) is 56.8 Å². The molecule has 0 aliphatic heterocycles. The lowest BCUT2D eigenvalue weighted by Gasteiger charge is -2.39. The Labute approximate surface area is 128 Å². The second kappa shape index (κ2) is 6.28. The third-order valence-electron chi connectivity index (χ3n) is 4.23. The Balaban J connectivity index is 2.39. The predicted molar refractivity (Wildman–Crippen MR) is 78.0 cm³/mol. The van der Waals surface area contributed by atoms with Crippen LogP contribution in [0.2, 0.25) is 0 Å². The van der Waals surface area contributed by atoms with Crippen LogP contribution in [-0.4, -0.2) is 11.9 Å². The number of alkyl halides is 3. The van der Waals surface area contributed by atoms with E-state index in [0.29, 0.717) is 18.4 Å². The van der Waals surface area contributed by atoms with Gasteiger partial charge < -0.3 is 11.1 Å². The highest BCUT2D eigenvalue weighted by atomic mass is 19.4. The number of carbonyl (C=O) groups excluding carboxylic acids is 1. The van der Waals surface area contributed by atoms with Gasteiger partial charge in [-0.3, -0.25) is 4.79 Å². The third kappa shape index (κ3) is 3.61. The zero-order chi connectivity index (χ0) is 16.4. The highest BCUT2D eigenvalue weighted by Crippen LogP contribution is 2.39. The molecule has 0 radical (unpaired) electrons. The first-order valence-corrected chi connectivity index (χ1v) is 7.50. The molecule has 3 nitrogen and oxygen atoms in total. The zero-order valence-electron chi connectivity index (χ0n) is 12.5. The van der Waals surface area contributed by atoms with E-state index in [4.69, 9.17) is 5.73 Å². The van der Waals surface area contributed by atoms with Gasteiger partial charge in [0, 0.05) is 0 Å². The molecule has 1 aliphatic rings. The van der Waals surface area contributed by atoms with Gasteiger partial charge in [0.25, 0.3) is 0 Å². The molecule has 0 unspecified atom stereocenters. The summed E-state index contributed by atoms with van der Waals surface area (Å²) in [5, 5.41) is 2.90. The number of hydrogen-bond donors (Lipinski definition) is 2. The lowest BCUT2D eigenvalue weighted by Crippen LogP contribution is -2.52. The van der Waals surface area contributed by atoms with E-state index < -0.39 is 23.3 Å². The lowest BCUT2D eigenvalue weighted by atomic mass is 9.76. The summed E-state index contributed by atoms with van der Waals surface area (Å²) in [6.07, 6.45) is -0.365. The van der Waals surface area contributed by atoms with Crippen LogP contribution in [0.5, 0.6) is 0 Å². The quantitative estimate of drug-likeness (QED) is 0.899. The van der Waals surface area contributed by atoms with E-state index in [1.165, 1.54) is 6.07 Å². The molecule has 0 heterocycles. The second-order valence-corrected chi connectivity index (χ2v) is 6.00. The molecule has 0 saturated heterocycles. The molecule has 1 amide bonds. The SMILES string of the molecule is C[C@H](N)C(=O)NC1(c2cccc(C(F)(F)F)c2)CCCCC1. The normalized spacial score (nSPS) is 19.5. The van der Waals surface area contributed by atoms with Crippen molar-refractivity contribution in [1.82, 2.24) is 5.32 Å².